The van der Waals surface area contributed by atoms with Gasteiger partial charge in [0.05, 0.1) is 12.6 Å². The van der Waals surface area contributed by atoms with E-state index in [9.17, 15) is 4.79 Å². The molecule has 0 bridgehead atoms. The number of hydrogen-bond acceptors (Lipinski definition) is 5. The normalized spacial score (nSPS) is 13.7. The average Bonchev–Trinajstić information content (AvgIpc) is 2.72. The van der Waals surface area contributed by atoms with E-state index < -0.39 is 6.04 Å². The van der Waals surface area contributed by atoms with Crippen molar-refractivity contribution >= 4 is 17.2 Å². The lowest BCUT2D eigenvalue weighted by atomic mass is 9.98. The fraction of sp³-hybridized carbons (Fsp3) is 0.750. The second-order valence-electron chi connectivity index (χ2n) is 5.74. The molecule has 6 heteroatoms. The summed E-state index contributed by atoms with van der Waals surface area (Å²) in [5.74, 6) is -0.0120. The number of nitrogens with zero attached hydrogens (tertiary/aromatic N) is 2. The van der Waals surface area contributed by atoms with E-state index in [2.05, 4.69) is 36.3 Å². The summed E-state index contributed by atoms with van der Waals surface area (Å²) in [5, 5.41) is 12.8. The third-order valence-electron chi connectivity index (χ3n) is 2.54. The fourth-order valence-electron chi connectivity index (χ4n) is 1.21. The Morgan fingerprint density at radius 2 is 2.00 bits per heavy atom. The van der Waals surface area contributed by atoms with Gasteiger partial charge in [0.2, 0.25) is 5.91 Å². The lowest BCUT2D eigenvalue weighted by Gasteiger charge is -2.14. The molecule has 5 nitrogen and oxygen atoms in total. The highest BCUT2D eigenvalue weighted by atomic mass is 32.1. The maximum absolute atomic E-state index is 11.7. The summed E-state index contributed by atoms with van der Waals surface area (Å²) in [5.41, 5.74) is 5.75. The molecule has 0 fully saturated rings. The van der Waals surface area contributed by atoms with Crippen LogP contribution >= 0.6 is 11.3 Å². The van der Waals surface area contributed by atoms with Crippen LogP contribution < -0.4 is 11.1 Å². The van der Waals surface area contributed by atoms with Crippen LogP contribution in [0, 0.1) is 5.92 Å². The van der Waals surface area contributed by atoms with Crippen molar-refractivity contribution in [3.05, 3.63) is 10.0 Å². The zero-order valence-electron chi connectivity index (χ0n) is 11.7. The molecule has 0 saturated carbocycles. The van der Waals surface area contributed by atoms with Gasteiger partial charge in [0.25, 0.3) is 0 Å². The Hall–Kier alpha value is -1.01. The smallest absolute Gasteiger partial charge is 0.237 e. The van der Waals surface area contributed by atoms with Crippen LogP contribution in [-0.2, 0) is 16.8 Å². The number of nitrogens with two attached hydrogens (primary N) is 1. The van der Waals surface area contributed by atoms with Gasteiger partial charge >= 0.3 is 0 Å². The molecular formula is C12H22N4OS. The first-order valence-corrected chi connectivity index (χ1v) is 6.89. The summed E-state index contributed by atoms with van der Waals surface area (Å²) in [6, 6.07) is -0.472. The molecule has 1 atom stereocenters. The maximum atomic E-state index is 11.7. The molecule has 0 aliphatic carbocycles. The highest BCUT2D eigenvalue weighted by molar-refractivity contribution is 7.11. The second-order valence-corrected chi connectivity index (χ2v) is 6.80. The molecule has 1 aromatic heterocycles. The van der Waals surface area contributed by atoms with Crippen molar-refractivity contribution in [2.75, 3.05) is 0 Å². The monoisotopic (exact) mass is 270 g/mol. The van der Waals surface area contributed by atoms with Gasteiger partial charge in [0, 0.05) is 5.41 Å². The zero-order chi connectivity index (χ0) is 13.9. The second kappa shape index (κ2) is 5.75. The molecule has 1 aromatic rings. The summed E-state index contributed by atoms with van der Waals surface area (Å²) in [4.78, 5) is 11.7. The number of nitrogens with one attached hydrogen (secondary N) is 1. The number of rotatable bonds is 4. The molecule has 1 amide bonds. The summed E-state index contributed by atoms with van der Waals surface area (Å²) in [7, 11) is 0. The van der Waals surface area contributed by atoms with Gasteiger partial charge in [-0.05, 0) is 5.92 Å². The third-order valence-corrected chi connectivity index (χ3v) is 3.89. The molecule has 0 unspecified atom stereocenters. The Morgan fingerprint density at radius 1 is 1.39 bits per heavy atom. The van der Waals surface area contributed by atoms with Crippen LogP contribution in [0.15, 0.2) is 0 Å². The molecule has 1 heterocycles. The lowest BCUT2D eigenvalue weighted by Crippen LogP contribution is -2.43. The van der Waals surface area contributed by atoms with E-state index in [1.807, 2.05) is 13.8 Å². The highest BCUT2D eigenvalue weighted by Crippen LogP contribution is 2.25. The first kappa shape index (κ1) is 15.0. The van der Waals surface area contributed by atoms with Gasteiger partial charge < -0.3 is 11.1 Å². The molecule has 18 heavy (non-hydrogen) atoms. The van der Waals surface area contributed by atoms with E-state index in [0.717, 1.165) is 10.0 Å². The van der Waals surface area contributed by atoms with Crippen LogP contribution in [0.25, 0.3) is 0 Å². The predicted octanol–water partition coefficient (Wildman–Crippen LogP) is 1.44. The van der Waals surface area contributed by atoms with Gasteiger partial charge in [-0.15, -0.1) is 10.2 Å². The van der Waals surface area contributed by atoms with Gasteiger partial charge in [-0.3, -0.25) is 4.79 Å². The molecule has 0 saturated heterocycles. The largest absolute Gasteiger partial charge is 0.348 e. The number of carbonyl (C=O) groups excluding carboxylic acids is 1. The number of carbonyl (C=O) groups is 1. The van der Waals surface area contributed by atoms with Crippen LogP contribution in [0.4, 0.5) is 0 Å². The van der Waals surface area contributed by atoms with E-state index in [1.165, 1.54) is 11.3 Å². The Labute approximate surface area is 112 Å². The minimum absolute atomic E-state index is 0.00569. The molecule has 0 radical (unpaired) electrons. The first-order chi connectivity index (χ1) is 8.21. The van der Waals surface area contributed by atoms with Gasteiger partial charge in [-0.2, -0.15) is 0 Å². The number of aromatic nitrogens is 2. The Kier molecular flexibility index (Phi) is 4.81. The van der Waals surface area contributed by atoms with Crippen LogP contribution in [0.1, 0.15) is 44.6 Å². The minimum Gasteiger partial charge on any atom is -0.348 e. The molecular weight excluding hydrogens is 248 g/mol. The molecule has 1 rings (SSSR count). The number of hydrogen-bond donors (Lipinski definition) is 2. The average molecular weight is 270 g/mol. The molecule has 0 spiro atoms. The SMILES string of the molecule is CC(C)[C@H](N)C(=O)NCc1nnc(C(C)(C)C)s1. The molecule has 102 valence electrons. The van der Waals surface area contributed by atoms with Crippen molar-refractivity contribution in [1.29, 1.82) is 0 Å². The summed E-state index contributed by atoms with van der Waals surface area (Å²) >= 11 is 1.52. The minimum atomic E-state index is -0.472. The van der Waals surface area contributed by atoms with E-state index in [0.29, 0.717) is 6.54 Å². The van der Waals surface area contributed by atoms with Crippen LogP contribution in [-0.4, -0.2) is 22.1 Å². The Bertz CT molecular complexity index is 408. The highest BCUT2D eigenvalue weighted by Gasteiger charge is 2.20. The molecule has 0 aliphatic rings. The standard InChI is InChI=1S/C12H22N4OS/c1-7(2)9(13)10(17)14-6-8-15-16-11(18-8)12(3,4)5/h7,9H,6,13H2,1-5H3,(H,14,17)/t9-/m0/s1. The molecule has 3 N–H and O–H groups in total. The maximum Gasteiger partial charge on any atom is 0.237 e. The van der Waals surface area contributed by atoms with Crippen molar-refractivity contribution < 1.29 is 4.79 Å². The first-order valence-electron chi connectivity index (χ1n) is 6.08. The van der Waals surface area contributed by atoms with Crippen molar-refractivity contribution in [2.45, 2.75) is 52.6 Å². The Morgan fingerprint density at radius 3 is 2.44 bits per heavy atom. The van der Waals surface area contributed by atoms with E-state index in [1.54, 1.807) is 0 Å². The van der Waals surface area contributed by atoms with E-state index in [-0.39, 0.29) is 17.2 Å². The summed E-state index contributed by atoms with van der Waals surface area (Å²) < 4.78 is 0. The van der Waals surface area contributed by atoms with Gasteiger partial charge in [0.15, 0.2) is 0 Å². The third kappa shape index (κ3) is 4.03. The van der Waals surface area contributed by atoms with Gasteiger partial charge in [0.1, 0.15) is 10.0 Å². The topological polar surface area (TPSA) is 80.9 Å². The van der Waals surface area contributed by atoms with Crippen LogP contribution in [0.5, 0.6) is 0 Å². The quantitative estimate of drug-likeness (QED) is 0.867. The summed E-state index contributed by atoms with van der Waals surface area (Å²) in [6.45, 7) is 10.5. The van der Waals surface area contributed by atoms with Crippen molar-refractivity contribution in [3.8, 4) is 0 Å². The number of amides is 1. The van der Waals surface area contributed by atoms with Crippen molar-refractivity contribution in [3.63, 3.8) is 0 Å². The zero-order valence-corrected chi connectivity index (χ0v) is 12.5. The molecule has 0 aliphatic heterocycles. The van der Waals surface area contributed by atoms with Gasteiger partial charge in [-0.1, -0.05) is 46.0 Å². The van der Waals surface area contributed by atoms with E-state index >= 15 is 0 Å². The molecule has 0 aromatic carbocycles. The fourth-order valence-corrected chi connectivity index (χ4v) is 2.05. The van der Waals surface area contributed by atoms with Crippen molar-refractivity contribution in [1.82, 2.24) is 15.5 Å². The van der Waals surface area contributed by atoms with Crippen molar-refractivity contribution in [2.24, 2.45) is 11.7 Å². The van der Waals surface area contributed by atoms with E-state index in [4.69, 9.17) is 5.73 Å². The predicted molar refractivity (Wildman–Crippen MR) is 73.3 cm³/mol. The lowest BCUT2D eigenvalue weighted by molar-refractivity contribution is -0.123. The Balaban J connectivity index is 2.55. The van der Waals surface area contributed by atoms with Crippen LogP contribution in [0.3, 0.4) is 0 Å². The van der Waals surface area contributed by atoms with Crippen LogP contribution in [0.2, 0.25) is 0 Å². The van der Waals surface area contributed by atoms with Gasteiger partial charge in [-0.25, -0.2) is 0 Å². The summed E-state index contributed by atoms with van der Waals surface area (Å²) in [6.07, 6.45) is 0.